The zero-order valence-corrected chi connectivity index (χ0v) is 5.50. The highest BCUT2D eigenvalue weighted by Crippen LogP contribution is 1.80. The molecule has 6 nitrogen and oxygen atoms in total. The van der Waals surface area contributed by atoms with Gasteiger partial charge < -0.3 is 0 Å². The maximum atomic E-state index is 10.5. The second-order valence-electron chi connectivity index (χ2n) is 1.54. The fraction of sp³-hybridized carbons (Fsp3) is 0. The number of hydrogen-bond acceptors (Lipinski definition) is 3. The van der Waals surface area contributed by atoms with E-state index in [4.69, 9.17) is 4.55 Å². The minimum atomic E-state index is -4.44. The molecular formula is C3H4N2O4S. The van der Waals surface area contributed by atoms with Crippen molar-refractivity contribution in [1.82, 2.24) is 9.19 Å². The van der Waals surface area contributed by atoms with Gasteiger partial charge in [-0.2, -0.15) is 8.42 Å². The van der Waals surface area contributed by atoms with Gasteiger partial charge in [0.15, 0.2) is 0 Å². The highest BCUT2D eigenvalue weighted by molar-refractivity contribution is 7.84. The molecule has 0 spiro atoms. The Balaban J connectivity index is 3.47. The molecule has 1 aromatic heterocycles. The summed E-state index contributed by atoms with van der Waals surface area (Å²) in [5, 5.41) is 2.01. The highest BCUT2D eigenvalue weighted by Gasteiger charge is 2.08. The maximum absolute atomic E-state index is 10.5. The Morgan fingerprint density at radius 2 is 2.20 bits per heavy atom. The van der Waals surface area contributed by atoms with E-state index in [0.29, 0.717) is 0 Å². The van der Waals surface area contributed by atoms with Gasteiger partial charge >= 0.3 is 10.3 Å². The fourth-order valence-electron chi connectivity index (χ4n) is 0.488. The van der Waals surface area contributed by atoms with Crippen molar-refractivity contribution in [2.45, 2.75) is 0 Å². The lowest BCUT2D eigenvalue weighted by Gasteiger charge is -1.91. The fourth-order valence-corrected chi connectivity index (χ4v) is 0.970. The van der Waals surface area contributed by atoms with Crippen molar-refractivity contribution in [3.05, 3.63) is 22.6 Å². The van der Waals surface area contributed by atoms with Crippen LogP contribution in [0, 0.1) is 0 Å². The third-order valence-electron chi connectivity index (χ3n) is 0.849. The molecule has 0 saturated heterocycles. The normalized spacial score (nSPS) is 11.7. The summed E-state index contributed by atoms with van der Waals surface area (Å²) < 4.78 is 28.8. The van der Waals surface area contributed by atoms with Crippen LogP contribution in [0.25, 0.3) is 0 Å². The Morgan fingerprint density at radius 1 is 1.60 bits per heavy atom. The van der Waals surface area contributed by atoms with Gasteiger partial charge in [-0.1, -0.05) is 0 Å². The number of aromatic amines is 1. The molecule has 0 aliphatic carbocycles. The highest BCUT2D eigenvalue weighted by atomic mass is 32.2. The number of hydrogen-bond donors (Lipinski definition) is 2. The molecule has 0 atom stereocenters. The van der Waals surface area contributed by atoms with Crippen LogP contribution in [0.3, 0.4) is 0 Å². The van der Waals surface area contributed by atoms with Crippen LogP contribution in [0.5, 0.6) is 0 Å². The number of H-pyrrole nitrogens is 1. The van der Waals surface area contributed by atoms with Gasteiger partial charge in [0.25, 0.3) is 5.56 Å². The summed E-state index contributed by atoms with van der Waals surface area (Å²) >= 11 is 0. The van der Waals surface area contributed by atoms with Crippen LogP contribution < -0.4 is 5.56 Å². The lowest BCUT2D eigenvalue weighted by Crippen LogP contribution is -2.23. The van der Waals surface area contributed by atoms with Crippen molar-refractivity contribution in [1.29, 1.82) is 0 Å². The van der Waals surface area contributed by atoms with Gasteiger partial charge in [-0.15, -0.1) is 4.09 Å². The van der Waals surface area contributed by atoms with Crippen molar-refractivity contribution in [3.63, 3.8) is 0 Å². The van der Waals surface area contributed by atoms with E-state index in [2.05, 4.69) is 0 Å². The molecule has 1 aromatic rings. The van der Waals surface area contributed by atoms with Gasteiger partial charge in [0, 0.05) is 12.3 Å². The van der Waals surface area contributed by atoms with Crippen LogP contribution in [0.4, 0.5) is 0 Å². The molecule has 0 radical (unpaired) electrons. The molecule has 0 unspecified atom stereocenters. The minimum Gasteiger partial charge on any atom is -0.287 e. The van der Waals surface area contributed by atoms with Gasteiger partial charge in [0.05, 0.1) is 0 Å². The molecule has 56 valence electrons. The van der Waals surface area contributed by atoms with E-state index in [1.807, 2.05) is 5.10 Å². The molecule has 0 fully saturated rings. The van der Waals surface area contributed by atoms with Gasteiger partial charge in [0.1, 0.15) is 0 Å². The topological polar surface area (TPSA) is 92.2 Å². The quantitative estimate of drug-likeness (QED) is 0.511. The van der Waals surface area contributed by atoms with Crippen LogP contribution in [0.2, 0.25) is 0 Å². The molecule has 0 aliphatic rings. The van der Waals surface area contributed by atoms with Crippen molar-refractivity contribution in [3.8, 4) is 0 Å². The zero-order valence-electron chi connectivity index (χ0n) is 4.68. The van der Waals surface area contributed by atoms with Crippen molar-refractivity contribution >= 4 is 10.3 Å². The molecule has 0 aromatic carbocycles. The van der Waals surface area contributed by atoms with E-state index in [1.54, 1.807) is 0 Å². The predicted octanol–water partition coefficient (Wildman–Crippen LogP) is -1.17. The first-order chi connectivity index (χ1) is 4.52. The Morgan fingerprint density at radius 3 is 2.40 bits per heavy atom. The van der Waals surface area contributed by atoms with E-state index in [9.17, 15) is 13.2 Å². The van der Waals surface area contributed by atoms with E-state index < -0.39 is 15.9 Å². The Bertz CT molecular complexity index is 371. The standard InChI is InChI=1S/C3H4N2O4S/c6-3-1-2-4-5(3)10(7,8)9/h1-2,4H,(H,7,8,9). The summed E-state index contributed by atoms with van der Waals surface area (Å²) in [6.45, 7) is 0. The monoisotopic (exact) mass is 164 g/mol. The predicted molar refractivity (Wildman–Crippen MR) is 32.0 cm³/mol. The van der Waals surface area contributed by atoms with E-state index in [1.165, 1.54) is 0 Å². The molecule has 1 heterocycles. The Hall–Kier alpha value is -1.08. The third kappa shape index (κ3) is 1.09. The van der Waals surface area contributed by atoms with Crippen molar-refractivity contribution < 1.29 is 13.0 Å². The van der Waals surface area contributed by atoms with Gasteiger partial charge in [-0.3, -0.25) is 14.4 Å². The second-order valence-corrected chi connectivity index (χ2v) is 2.80. The lowest BCUT2D eigenvalue weighted by atomic mass is 10.7. The summed E-state index contributed by atoms with van der Waals surface area (Å²) in [7, 11) is -4.44. The van der Waals surface area contributed by atoms with Crippen molar-refractivity contribution in [2.75, 3.05) is 0 Å². The largest absolute Gasteiger partial charge is 0.380 e. The van der Waals surface area contributed by atoms with Crippen LogP contribution in [0.1, 0.15) is 0 Å². The molecule has 1 rings (SSSR count). The van der Waals surface area contributed by atoms with Crippen molar-refractivity contribution in [2.24, 2.45) is 0 Å². The van der Waals surface area contributed by atoms with E-state index in [-0.39, 0.29) is 4.09 Å². The Labute approximate surface area is 56.0 Å². The SMILES string of the molecule is O=c1cc[nH]n1S(=O)(=O)O. The zero-order chi connectivity index (χ0) is 7.78. The maximum Gasteiger partial charge on any atom is 0.380 e. The van der Waals surface area contributed by atoms with Crippen LogP contribution >= 0.6 is 0 Å². The molecule has 10 heavy (non-hydrogen) atoms. The molecule has 2 N–H and O–H groups in total. The summed E-state index contributed by atoms with van der Waals surface area (Å²) in [6.07, 6.45) is 1.11. The smallest absolute Gasteiger partial charge is 0.287 e. The number of aromatic nitrogens is 2. The van der Waals surface area contributed by atoms with Gasteiger partial charge in [0.2, 0.25) is 0 Å². The average molecular weight is 164 g/mol. The molecule has 0 bridgehead atoms. The van der Waals surface area contributed by atoms with Gasteiger partial charge in [-0.05, 0) is 0 Å². The second kappa shape index (κ2) is 1.96. The van der Waals surface area contributed by atoms with Crippen LogP contribution in [-0.2, 0) is 10.3 Å². The number of nitrogens with zero attached hydrogens (tertiary/aromatic N) is 1. The molecule has 7 heteroatoms. The minimum absolute atomic E-state index is 0.118. The van der Waals surface area contributed by atoms with E-state index >= 15 is 0 Å². The molecule has 0 amide bonds. The van der Waals surface area contributed by atoms with Crippen LogP contribution in [-0.4, -0.2) is 22.2 Å². The molecule has 0 saturated carbocycles. The first-order valence-electron chi connectivity index (χ1n) is 2.26. The average Bonchev–Trinajstić information content (AvgIpc) is 2.11. The molecular weight excluding hydrogens is 160 g/mol. The van der Waals surface area contributed by atoms with Gasteiger partial charge in [-0.25, -0.2) is 0 Å². The summed E-state index contributed by atoms with van der Waals surface area (Å²) in [5.41, 5.74) is -0.817. The summed E-state index contributed by atoms with van der Waals surface area (Å²) in [6, 6.07) is 0.980. The lowest BCUT2D eigenvalue weighted by molar-refractivity contribution is 0.464. The third-order valence-corrected chi connectivity index (χ3v) is 1.60. The number of rotatable bonds is 1. The summed E-state index contributed by atoms with van der Waals surface area (Å²) in [4.78, 5) is 10.5. The Kier molecular flexibility index (Phi) is 1.38. The number of nitrogens with one attached hydrogen (secondary N) is 1. The van der Waals surface area contributed by atoms with E-state index in [0.717, 1.165) is 12.3 Å². The van der Waals surface area contributed by atoms with Crippen LogP contribution in [0.15, 0.2) is 17.1 Å². The first kappa shape index (κ1) is 7.03. The molecule has 0 aliphatic heterocycles. The summed E-state index contributed by atoms with van der Waals surface area (Å²) in [5.74, 6) is 0. The first-order valence-corrected chi connectivity index (χ1v) is 3.66.